The number of rotatable bonds is 3. The van der Waals surface area contributed by atoms with Crippen LogP contribution in [0.2, 0.25) is 0 Å². The first-order valence-corrected chi connectivity index (χ1v) is 7.24. The molecule has 4 heteroatoms. The Morgan fingerprint density at radius 2 is 2.15 bits per heavy atom. The highest BCUT2D eigenvalue weighted by molar-refractivity contribution is 5.95. The molecule has 1 aliphatic rings. The van der Waals surface area contributed by atoms with E-state index in [0.29, 0.717) is 17.6 Å². The van der Waals surface area contributed by atoms with Gasteiger partial charge in [-0.05, 0) is 49.8 Å². The molecule has 0 spiro atoms. The van der Waals surface area contributed by atoms with Crippen LogP contribution in [0.25, 0.3) is 0 Å². The third kappa shape index (κ3) is 4.14. The third-order valence-electron chi connectivity index (χ3n) is 3.77. The number of nitrogens with two attached hydrogens (primary N) is 1. The Balaban J connectivity index is 0.00000200. The fraction of sp³-hybridized carbons (Fsp3) is 0.562. The maximum Gasteiger partial charge on any atom is 0.254 e. The third-order valence-corrected chi connectivity index (χ3v) is 3.77. The molecule has 20 heavy (non-hydrogen) atoms. The van der Waals surface area contributed by atoms with Crippen LogP contribution in [0, 0.1) is 5.92 Å². The molecule has 1 aromatic carbocycles. The lowest BCUT2D eigenvalue weighted by Gasteiger charge is -2.37. The molecule has 0 radical (unpaired) electrons. The van der Waals surface area contributed by atoms with Crippen LogP contribution < -0.4 is 5.73 Å². The van der Waals surface area contributed by atoms with Gasteiger partial charge in [-0.3, -0.25) is 4.79 Å². The van der Waals surface area contributed by atoms with Crippen LogP contribution in [0.4, 0.5) is 5.69 Å². The molecule has 0 aliphatic carbocycles. The van der Waals surface area contributed by atoms with Crippen LogP contribution in [-0.4, -0.2) is 23.4 Å². The Morgan fingerprint density at radius 3 is 2.80 bits per heavy atom. The first kappa shape index (κ1) is 16.8. The molecule has 1 heterocycles. The van der Waals surface area contributed by atoms with E-state index in [1.807, 2.05) is 18.2 Å². The van der Waals surface area contributed by atoms with Crippen molar-refractivity contribution in [2.75, 3.05) is 12.3 Å². The van der Waals surface area contributed by atoms with Crippen molar-refractivity contribution in [1.29, 1.82) is 0 Å². The molecule has 1 fully saturated rings. The molecular formula is C16H25ClN2O. The topological polar surface area (TPSA) is 46.3 Å². The number of likely N-dealkylation sites (tertiary alicyclic amines) is 1. The summed E-state index contributed by atoms with van der Waals surface area (Å²) in [7, 11) is 0. The van der Waals surface area contributed by atoms with E-state index in [4.69, 9.17) is 5.73 Å². The summed E-state index contributed by atoms with van der Waals surface area (Å²) in [6, 6.07) is 7.70. The average Bonchev–Trinajstić information content (AvgIpc) is 2.38. The van der Waals surface area contributed by atoms with Crippen LogP contribution in [-0.2, 0) is 0 Å². The highest BCUT2D eigenvalue weighted by atomic mass is 35.5. The number of carbonyl (C=O) groups excluding carboxylic acids is 1. The van der Waals surface area contributed by atoms with Gasteiger partial charge in [0.25, 0.3) is 5.91 Å². The van der Waals surface area contributed by atoms with E-state index in [0.717, 1.165) is 31.4 Å². The summed E-state index contributed by atoms with van der Waals surface area (Å²) in [5.74, 6) is 0.761. The van der Waals surface area contributed by atoms with Gasteiger partial charge < -0.3 is 10.6 Å². The summed E-state index contributed by atoms with van der Waals surface area (Å²) in [5.41, 5.74) is 7.14. The van der Waals surface area contributed by atoms with Gasteiger partial charge in [-0.15, -0.1) is 12.4 Å². The van der Waals surface area contributed by atoms with Crippen LogP contribution in [0.15, 0.2) is 24.3 Å². The summed E-state index contributed by atoms with van der Waals surface area (Å²) in [5, 5.41) is 0. The van der Waals surface area contributed by atoms with E-state index >= 15 is 0 Å². The zero-order chi connectivity index (χ0) is 13.8. The number of hydrogen-bond acceptors (Lipinski definition) is 2. The number of piperidine rings is 1. The number of anilines is 1. The summed E-state index contributed by atoms with van der Waals surface area (Å²) >= 11 is 0. The van der Waals surface area contributed by atoms with Gasteiger partial charge in [0.1, 0.15) is 0 Å². The first-order chi connectivity index (χ1) is 9.08. The minimum absolute atomic E-state index is 0. The molecular weight excluding hydrogens is 272 g/mol. The molecule has 1 saturated heterocycles. The van der Waals surface area contributed by atoms with Crippen molar-refractivity contribution in [1.82, 2.24) is 4.90 Å². The number of halogens is 1. The molecule has 0 bridgehead atoms. The molecule has 1 unspecified atom stereocenters. The zero-order valence-corrected chi connectivity index (χ0v) is 13.2. The standard InChI is InChI=1S/C16H24N2O.ClH/c1-12(2)10-15-8-3-4-9-18(15)16(19)13-6-5-7-14(17)11-13;/h5-7,11-12,15H,3-4,8-10,17H2,1-2H3;1H. The number of nitrogen functional groups attached to an aromatic ring is 1. The molecule has 3 nitrogen and oxygen atoms in total. The van der Waals surface area contributed by atoms with Crippen molar-refractivity contribution >= 4 is 24.0 Å². The Kier molecular flexibility index (Phi) is 6.34. The summed E-state index contributed by atoms with van der Waals surface area (Å²) in [6.07, 6.45) is 4.57. The van der Waals surface area contributed by atoms with Crippen molar-refractivity contribution < 1.29 is 4.79 Å². The van der Waals surface area contributed by atoms with Crippen molar-refractivity contribution in [3.8, 4) is 0 Å². The summed E-state index contributed by atoms with van der Waals surface area (Å²) < 4.78 is 0. The largest absolute Gasteiger partial charge is 0.399 e. The Hall–Kier alpha value is -1.22. The molecule has 0 saturated carbocycles. The molecule has 112 valence electrons. The molecule has 2 rings (SSSR count). The number of nitrogens with zero attached hydrogens (tertiary/aromatic N) is 1. The predicted octanol–water partition coefficient (Wildman–Crippen LogP) is 3.73. The zero-order valence-electron chi connectivity index (χ0n) is 12.3. The van der Waals surface area contributed by atoms with E-state index in [1.54, 1.807) is 6.07 Å². The molecule has 1 aromatic rings. The fourth-order valence-corrected chi connectivity index (χ4v) is 2.89. The highest BCUT2D eigenvalue weighted by Gasteiger charge is 2.27. The monoisotopic (exact) mass is 296 g/mol. The van der Waals surface area contributed by atoms with E-state index in [-0.39, 0.29) is 18.3 Å². The van der Waals surface area contributed by atoms with Gasteiger partial charge in [-0.2, -0.15) is 0 Å². The second-order valence-corrected chi connectivity index (χ2v) is 5.90. The van der Waals surface area contributed by atoms with Crippen molar-refractivity contribution in [3.05, 3.63) is 29.8 Å². The predicted molar refractivity (Wildman–Crippen MR) is 86.2 cm³/mol. The minimum Gasteiger partial charge on any atom is -0.399 e. The van der Waals surface area contributed by atoms with E-state index in [2.05, 4.69) is 18.7 Å². The first-order valence-electron chi connectivity index (χ1n) is 7.24. The summed E-state index contributed by atoms with van der Waals surface area (Å²) in [4.78, 5) is 14.7. The molecule has 1 amide bonds. The quantitative estimate of drug-likeness (QED) is 0.864. The lowest BCUT2D eigenvalue weighted by atomic mass is 9.93. The van der Waals surface area contributed by atoms with Crippen molar-refractivity contribution in [2.24, 2.45) is 5.92 Å². The van der Waals surface area contributed by atoms with Gasteiger partial charge in [0.15, 0.2) is 0 Å². The SMILES string of the molecule is CC(C)CC1CCCCN1C(=O)c1cccc(N)c1.Cl. The number of benzene rings is 1. The van der Waals surface area contributed by atoms with Gasteiger partial charge in [-0.1, -0.05) is 19.9 Å². The number of hydrogen-bond donors (Lipinski definition) is 1. The van der Waals surface area contributed by atoms with Crippen LogP contribution >= 0.6 is 12.4 Å². The molecule has 1 atom stereocenters. The normalized spacial score (nSPS) is 18.8. The van der Waals surface area contributed by atoms with Gasteiger partial charge in [0.2, 0.25) is 0 Å². The molecule has 1 aliphatic heterocycles. The van der Waals surface area contributed by atoms with Crippen molar-refractivity contribution in [2.45, 2.75) is 45.6 Å². The highest BCUT2D eigenvalue weighted by Crippen LogP contribution is 2.25. The molecule has 0 aromatic heterocycles. The fourth-order valence-electron chi connectivity index (χ4n) is 2.89. The van der Waals surface area contributed by atoms with Crippen LogP contribution in [0.3, 0.4) is 0 Å². The van der Waals surface area contributed by atoms with E-state index in [1.165, 1.54) is 6.42 Å². The van der Waals surface area contributed by atoms with Crippen molar-refractivity contribution in [3.63, 3.8) is 0 Å². The van der Waals surface area contributed by atoms with Gasteiger partial charge in [-0.25, -0.2) is 0 Å². The van der Waals surface area contributed by atoms with E-state index < -0.39 is 0 Å². The number of amides is 1. The Labute approximate surface area is 127 Å². The Bertz CT molecular complexity index is 448. The van der Waals surface area contributed by atoms with E-state index in [9.17, 15) is 4.79 Å². The van der Waals surface area contributed by atoms with Gasteiger partial charge >= 0.3 is 0 Å². The molecule has 2 N–H and O–H groups in total. The smallest absolute Gasteiger partial charge is 0.254 e. The summed E-state index contributed by atoms with van der Waals surface area (Å²) in [6.45, 7) is 5.32. The lowest BCUT2D eigenvalue weighted by molar-refractivity contribution is 0.0584. The van der Waals surface area contributed by atoms with Gasteiger partial charge in [0, 0.05) is 23.8 Å². The lowest BCUT2D eigenvalue weighted by Crippen LogP contribution is -2.44. The van der Waals surface area contributed by atoms with Crippen LogP contribution in [0.5, 0.6) is 0 Å². The van der Waals surface area contributed by atoms with Gasteiger partial charge in [0.05, 0.1) is 0 Å². The second-order valence-electron chi connectivity index (χ2n) is 5.90. The number of carbonyl (C=O) groups is 1. The second kappa shape index (κ2) is 7.53. The van der Waals surface area contributed by atoms with Crippen LogP contribution in [0.1, 0.15) is 49.9 Å². The average molecular weight is 297 g/mol. The maximum absolute atomic E-state index is 12.6. The Morgan fingerprint density at radius 1 is 1.40 bits per heavy atom. The maximum atomic E-state index is 12.6. The minimum atomic E-state index is 0.